The van der Waals surface area contributed by atoms with E-state index < -0.39 is 0 Å². The van der Waals surface area contributed by atoms with Gasteiger partial charge in [0.1, 0.15) is 11.9 Å². The summed E-state index contributed by atoms with van der Waals surface area (Å²) >= 11 is 0. The highest BCUT2D eigenvalue weighted by atomic mass is 16.5. The van der Waals surface area contributed by atoms with Gasteiger partial charge in [0.05, 0.1) is 12.7 Å². The molecule has 1 fully saturated rings. The molecule has 0 spiro atoms. The molecule has 1 N–H and O–H groups in total. The second-order valence-electron chi connectivity index (χ2n) is 6.00. The Balaban J connectivity index is 1.57. The molecule has 1 aliphatic heterocycles. The topological polar surface area (TPSA) is 54.5 Å². The van der Waals surface area contributed by atoms with E-state index in [2.05, 4.69) is 23.3 Å². The number of rotatable bonds is 5. The second-order valence-corrected chi connectivity index (χ2v) is 6.00. The lowest BCUT2D eigenvalue weighted by Gasteiger charge is -2.19. The van der Waals surface area contributed by atoms with Crippen LogP contribution in [-0.4, -0.2) is 35.1 Å². The highest BCUT2D eigenvalue weighted by Crippen LogP contribution is 2.20. The molecule has 1 aromatic carbocycles. The molecule has 1 saturated heterocycles. The first kappa shape index (κ1) is 16.3. The van der Waals surface area contributed by atoms with Crippen LogP contribution in [-0.2, 0) is 6.42 Å². The Bertz CT molecular complexity index is 675. The van der Waals surface area contributed by atoms with Gasteiger partial charge in [-0.15, -0.1) is 0 Å². The number of anilines is 1. The minimum Gasteiger partial charge on any atom is -0.487 e. The van der Waals surface area contributed by atoms with Crippen LogP contribution in [0.4, 0.5) is 10.5 Å². The maximum absolute atomic E-state index is 12.5. The first-order valence-corrected chi connectivity index (χ1v) is 8.46. The number of aryl methyl sites for hydroxylation is 1. The minimum absolute atomic E-state index is 0.0193. The predicted molar refractivity (Wildman–Crippen MR) is 94.3 cm³/mol. The molecular formula is C19H23N3O2. The van der Waals surface area contributed by atoms with Gasteiger partial charge in [0.15, 0.2) is 0 Å². The van der Waals surface area contributed by atoms with Crippen LogP contribution in [0.15, 0.2) is 48.8 Å². The fraction of sp³-hybridized carbons (Fsp3) is 0.368. The summed E-state index contributed by atoms with van der Waals surface area (Å²) in [6.07, 6.45) is 6.28. The van der Waals surface area contributed by atoms with E-state index in [9.17, 15) is 4.79 Å². The molecule has 24 heavy (non-hydrogen) atoms. The fourth-order valence-electron chi connectivity index (χ4n) is 2.94. The van der Waals surface area contributed by atoms with Crippen LogP contribution in [0.25, 0.3) is 0 Å². The molecule has 1 atom stereocenters. The zero-order valence-electron chi connectivity index (χ0n) is 13.9. The SMILES string of the molecule is CCCc1ccccc1NC(=O)N1CC[C@@H](Oc2cccnc2)C1. The van der Waals surface area contributed by atoms with Crippen molar-refractivity contribution in [2.45, 2.75) is 32.3 Å². The van der Waals surface area contributed by atoms with Crippen molar-refractivity contribution >= 4 is 11.7 Å². The molecular weight excluding hydrogens is 302 g/mol. The fourth-order valence-corrected chi connectivity index (χ4v) is 2.94. The lowest BCUT2D eigenvalue weighted by molar-refractivity contribution is 0.194. The van der Waals surface area contributed by atoms with Gasteiger partial charge in [-0.25, -0.2) is 4.79 Å². The monoisotopic (exact) mass is 325 g/mol. The number of carbonyl (C=O) groups is 1. The lowest BCUT2D eigenvalue weighted by atomic mass is 10.1. The van der Waals surface area contributed by atoms with Gasteiger partial charge >= 0.3 is 6.03 Å². The molecule has 1 aliphatic rings. The van der Waals surface area contributed by atoms with Crippen LogP contribution in [0.1, 0.15) is 25.3 Å². The van der Waals surface area contributed by atoms with Crippen molar-refractivity contribution in [3.63, 3.8) is 0 Å². The van der Waals surface area contributed by atoms with Crippen molar-refractivity contribution < 1.29 is 9.53 Å². The molecule has 2 heterocycles. The number of ether oxygens (including phenoxy) is 1. The standard InChI is InChI=1S/C19H23N3O2/c1-2-6-15-7-3-4-9-18(15)21-19(23)22-12-10-17(14-22)24-16-8-5-11-20-13-16/h3-5,7-9,11,13,17H,2,6,10,12,14H2,1H3,(H,21,23)/t17-/m1/s1. The summed E-state index contributed by atoms with van der Waals surface area (Å²) in [5, 5.41) is 3.04. The summed E-state index contributed by atoms with van der Waals surface area (Å²) in [6.45, 7) is 3.43. The van der Waals surface area contributed by atoms with Crippen molar-refractivity contribution in [3.8, 4) is 5.75 Å². The van der Waals surface area contributed by atoms with Crippen molar-refractivity contribution in [1.82, 2.24) is 9.88 Å². The van der Waals surface area contributed by atoms with E-state index in [-0.39, 0.29) is 12.1 Å². The number of amides is 2. The van der Waals surface area contributed by atoms with Gasteiger partial charge in [0.25, 0.3) is 0 Å². The number of pyridine rings is 1. The zero-order valence-corrected chi connectivity index (χ0v) is 13.9. The quantitative estimate of drug-likeness (QED) is 0.911. The Morgan fingerprint density at radius 1 is 1.33 bits per heavy atom. The molecule has 0 radical (unpaired) electrons. The number of aromatic nitrogens is 1. The van der Waals surface area contributed by atoms with Gasteiger partial charge < -0.3 is 15.0 Å². The first-order chi connectivity index (χ1) is 11.8. The Kier molecular flexibility index (Phi) is 5.31. The lowest BCUT2D eigenvalue weighted by Crippen LogP contribution is -2.34. The molecule has 1 aromatic heterocycles. The number of carbonyl (C=O) groups excluding carboxylic acids is 1. The van der Waals surface area contributed by atoms with Crippen LogP contribution in [0.3, 0.4) is 0 Å². The van der Waals surface area contributed by atoms with E-state index in [1.165, 1.54) is 5.56 Å². The number of para-hydroxylation sites is 1. The summed E-state index contributed by atoms with van der Waals surface area (Å²) in [5.74, 6) is 0.748. The van der Waals surface area contributed by atoms with Gasteiger partial charge in [-0.2, -0.15) is 0 Å². The number of hydrogen-bond acceptors (Lipinski definition) is 3. The second kappa shape index (κ2) is 7.81. The molecule has 2 aromatic rings. The molecule has 0 unspecified atom stereocenters. The van der Waals surface area contributed by atoms with Gasteiger partial charge in [0, 0.05) is 24.8 Å². The average molecular weight is 325 g/mol. The number of urea groups is 1. The molecule has 3 rings (SSSR count). The smallest absolute Gasteiger partial charge is 0.321 e. The average Bonchev–Trinajstić information content (AvgIpc) is 3.06. The first-order valence-electron chi connectivity index (χ1n) is 8.46. The highest BCUT2D eigenvalue weighted by molar-refractivity contribution is 5.90. The van der Waals surface area contributed by atoms with E-state index in [4.69, 9.17) is 4.74 Å². The Labute approximate surface area is 142 Å². The maximum atomic E-state index is 12.5. The van der Waals surface area contributed by atoms with E-state index in [1.54, 1.807) is 12.4 Å². The number of likely N-dealkylation sites (tertiary alicyclic amines) is 1. The normalized spacial score (nSPS) is 16.9. The predicted octanol–water partition coefficient (Wildman–Crippen LogP) is 3.72. The zero-order chi connectivity index (χ0) is 16.8. The summed E-state index contributed by atoms with van der Waals surface area (Å²) < 4.78 is 5.88. The van der Waals surface area contributed by atoms with Gasteiger partial charge in [-0.05, 0) is 30.2 Å². The van der Waals surface area contributed by atoms with Gasteiger partial charge in [-0.1, -0.05) is 31.5 Å². The summed E-state index contributed by atoms with van der Waals surface area (Å²) in [5.41, 5.74) is 2.08. The van der Waals surface area contributed by atoms with E-state index in [0.717, 1.165) is 30.7 Å². The highest BCUT2D eigenvalue weighted by Gasteiger charge is 2.28. The summed E-state index contributed by atoms with van der Waals surface area (Å²) in [6, 6.07) is 11.7. The summed E-state index contributed by atoms with van der Waals surface area (Å²) in [4.78, 5) is 18.4. The molecule has 126 valence electrons. The Morgan fingerprint density at radius 2 is 2.21 bits per heavy atom. The van der Waals surface area contributed by atoms with Crippen LogP contribution >= 0.6 is 0 Å². The summed E-state index contributed by atoms with van der Waals surface area (Å²) in [7, 11) is 0. The Hall–Kier alpha value is -2.56. The van der Waals surface area contributed by atoms with Crippen molar-refractivity contribution in [3.05, 3.63) is 54.4 Å². The Morgan fingerprint density at radius 3 is 3.00 bits per heavy atom. The molecule has 5 heteroatoms. The molecule has 0 saturated carbocycles. The number of benzene rings is 1. The third kappa shape index (κ3) is 4.04. The third-order valence-corrected chi connectivity index (χ3v) is 4.15. The number of nitrogens with zero attached hydrogens (tertiary/aromatic N) is 2. The minimum atomic E-state index is -0.0594. The largest absolute Gasteiger partial charge is 0.487 e. The van der Waals surface area contributed by atoms with Crippen molar-refractivity contribution in [2.75, 3.05) is 18.4 Å². The number of hydrogen-bond donors (Lipinski definition) is 1. The van der Waals surface area contributed by atoms with Crippen LogP contribution < -0.4 is 10.1 Å². The molecule has 0 bridgehead atoms. The maximum Gasteiger partial charge on any atom is 0.321 e. The van der Waals surface area contributed by atoms with Crippen LogP contribution in [0.5, 0.6) is 5.75 Å². The number of nitrogens with one attached hydrogen (secondary N) is 1. The third-order valence-electron chi connectivity index (χ3n) is 4.15. The van der Waals surface area contributed by atoms with Crippen LogP contribution in [0, 0.1) is 0 Å². The van der Waals surface area contributed by atoms with Crippen molar-refractivity contribution in [1.29, 1.82) is 0 Å². The molecule has 2 amide bonds. The van der Waals surface area contributed by atoms with E-state index in [1.807, 2.05) is 35.2 Å². The van der Waals surface area contributed by atoms with Crippen LogP contribution in [0.2, 0.25) is 0 Å². The molecule has 0 aliphatic carbocycles. The van der Waals surface area contributed by atoms with E-state index >= 15 is 0 Å². The van der Waals surface area contributed by atoms with Gasteiger partial charge in [0.2, 0.25) is 0 Å². The van der Waals surface area contributed by atoms with Gasteiger partial charge in [-0.3, -0.25) is 4.98 Å². The molecule has 5 nitrogen and oxygen atoms in total. The van der Waals surface area contributed by atoms with E-state index in [0.29, 0.717) is 13.1 Å². The van der Waals surface area contributed by atoms with Crippen molar-refractivity contribution in [2.24, 2.45) is 0 Å².